The van der Waals surface area contributed by atoms with Gasteiger partial charge in [-0.3, -0.25) is 0 Å². The molecule has 4 aliphatic rings. The number of hydrogen-bond donors (Lipinski definition) is 1. The predicted molar refractivity (Wildman–Crippen MR) is 125 cm³/mol. The lowest BCUT2D eigenvalue weighted by atomic mass is 9.45. The first kappa shape index (κ1) is 24.0. The summed E-state index contributed by atoms with van der Waals surface area (Å²) in [6.45, 7) is 15.6. The molecule has 0 saturated heterocycles. The van der Waals surface area contributed by atoms with Crippen molar-refractivity contribution in [3.63, 3.8) is 0 Å². The van der Waals surface area contributed by atoms with Crippen LogP contribution in [0.25, 0.3) is 0 Å². The van der Waals surface area contributed by atoms with Crippen LogP contribution in [0.1, 0.15) is 106 Å². The van der Waals surface area contributed by atoms with E-state index in [1.54, 1.807) is 0 Å². The van der Waals surface area contributed by atoms with Crippen molar-refractivity contribution in [1.29, 1.82) is 5.41 Å². The lowest BCUT2D eigenvalue weighted by molar-refractivity contribution is -0.0986. The average molecular weight is 385 g/mol. The summed E-state index contributed by atoms with van der Waals surface area (Å²) in [6.07, 6.45) is 13.2. The van der Waals surface area contributed by atoms with E-state index < -0.39 is 0 Å². The Morgan fingerprint density at radius 1 is 0.857 bits per heavy atom. The molecule has 0 heterocycles. The molecule has 0 aromatic carbocycles. The van der Waals surface area contributed by atoms with E-state index in [-0.39, 0.29) is 0 Å². The van der Waals surface area contributed by atoms with E-state index >= 15 is 0 Å². The fourth-order valence-electron chi connectivity index (χ4n) is 8.32. The van der Waals surface area contributed by atoms with Gasteiger partial charge in [0.25, 0.3) is 0 Å². The van der Waals surface area contributed by atoms with E-state index in [0.29, 0.717) is 23.1 Å². The number of fused-ring (bicyclic) bond motifs is 5. The monoisotopic (exact) mass is 385 g/mol. The third kappa shape index (κ3) is 4.00. The normalized spacial score (nSPS) is 46.5. The van der Waals surface area contributed by atoms with E-state index in [0.717, 1.165) is 35.3 Å². The van der Waals surface area contributed by atoms with Crippen molar-refractivity contribution < 1.29 is 0 Å². The van der Waals surface area contributed by atoms with Gasteiger partial charge in [-0.25, -0.2) is 0 Å². The van der Waals surface area contributed by atoms with Gasteiger partial charge in [0.15, 0.2) is 0 Å². The van der Waals surface area contributed by atoms with Crippen molar-refractivity contribution in [1.82, 2.24) is 0 Å². The molecule has 0 aromatic rings. The highest BCUT2D eigenvalue weighted by Gasteiger charge is 2.59. The molecule has 4 fully saturated rings. The third-order valence-electron chi connectivity index (χ3n) is 9.38. The highest BCUT2D eigenvalue weighted by Crippen LogP contribution is 2.66. The number of nitrogens with one attached hydrogen (secondary N) is 1. The van der Waals surface area contributed by atoms with Gasteiger partial charge in [0.2, 0.25) is 0 Å². The standard InChI is InChI=1S/C22H36BN.2C2H6/c1-14-4-5-17-15-9-11-22(3)18(6-7-19(22)20(24)13-23)16(15)8-10-21(17,2)12-14;2*1-2/h14-19,24H,4-13H2,1-3H3;2*1-2H3. The fourth-order valence-corrected chi connectivity index (χ4v) is 8.32. The molecule has 2 radical (unpaired) electrons. The molecule has 28 heavy (non-hydrogen) atoms. The molecule has 160 valence electrons. The van der Waals surface area contributed by atoms with Crippen LogP contribution in [-0.2, 0) is 0 Å². The van der Waals surface area contributed by atoms with Crippen LogP contribution in [0.2, 0.25) is 6.32 Å². The molecular weight excluding hydrogens is 337 g/mol. The van der Waals surface area contributed by atoms with Gasteiger partial charge in [0, 0.05) is 11.6 Å². The fraction of sp³-hybridized carbons (Fsp3) is 0.962. The molecule has 0 amide bonds. The first-order valence-electron chi connectivity index (χ1n) is 12.7. The second-order valence-corrected chi connectivity index (χ2v) is 10.5. The van der Waals surface area contributed by atoms with Gasteiger partial charge >= 0.3 is 0 Å². The van der Waals surface area contributed by atoms with E-state index in [1.165, 1.54) is 57.8 Å². The Bertz CT molecular complexity index is 517. The Labute approximate surface area is 178 Å². The smallest absolute Gasteiger partial charge is 0.0733 e. The molecule has 1 nitrogen and oxygen atoms in total. The Hall–Kier alpha value is -0.265. The molecule has 0 spiro atoms. The van der Waals surface area contributed by atoms with Crippen LogP contribution >= 0.6 is 0 Å². The Balaban J connectivity index is 0.000000660. The zero-order valence-electron chi connectivity index (χ0n) is 20.1. The summed E-state index contributed by atoms with van der Waals surface area (Å²) < 4.78 is 0. The van der Waals surface area contributed by atoms with Crippen molar-refractivity contribution in [2.75, 3.05) is 0 Å². The molecule has 4 aliphatic carbocycles. The van der Waals surface area contributed by atoms with E-state index in [4.69, 9.17) is 13.3 Å². The molecule has 8 unspecified atom stereocenters. The van der Waals surface area contributed by atoms with Crippen LogP contribution in [0.5, 0.6) is 0 Å². The molecular formula is C26H48BN. The average Bonchev–Trinajstić information content (AvgIpc) is 3.06. The van der Waals surface area contributed by atoms with Crippen LogP contribution in [0.4, 0.5) is 0 Å². The molecule has 8 atom stereocenters. The number of hydrogen-bond acceptors (Lipinski definition) is 1. The topological polar surface area (TPSA) is 23.9 Å². The zero-order valence-corrected chi connectivity index (χ0v) is 20.1. The van der Waals surface area contributed by atoms with E-state index in [9.17, 15) is 0 Å². The largest absolute Gasteiger partial charge is 0.310 e. The summed E-state index contributed by atoms with van der Waals surface area (Å²) >= 11 is 0. The maximum atomic E-state index is 8.39. The summed E-state index contributed by atoms with van der Waals surface area (Å²) in [7, 11) is 5.86. The minimum atomic E-state index is 0.382. The molecule has 0 bridgehead atoms. The van der Waals surface area contributed by atoms with Gasteiger partial charge in [-0.2, -0.15) is 0 Å². The highest BCUT2D eigenvalue weighted by atomic mass is 14.6. The minimum absolute atomic E-state index is 0.382. The first-order chi connectivity index (χ1) is 13.4. The second-order valence-electron chi connectivity index (χ2n) is 10.5. The zero-order chi connectivity index (χ0) is 21.1. The molecule has 1 N–H and O–H groups in total. The SMILES string of the molecule is CC.CC.[B]CC(=N)C1CCC2C3CCC4(C)CC(C)CCC4C3CCC12C. The Morgan fingerprint density at radius 2 is 1.43 bits per heavy atom. The lowest BCUT2D eigenvalue weighted by Gasteiger charge is -2.60. The summed E-state index contributed by atoms with van der Waals surface area (Å²) in [6, 6.07) is 0. The van der Waals surface area contributed by atoms with Crippen molar-refractivity contribution in [3.05, 3.63) is 0 Å². The minimum Gasteiger partial charge on any atom is -0.310 e. The van der Waals surface area contributed by atoms with Crippen molar-refractivity contribution in [3.8, 4) is 0 Å². The van der Waals surface area contributed by atoms with Gasteiger partial charge in [-0.1, -0.05) is 61.2 Å². The Kier molecular flexibility index (Phi) is 8.31. The second kappa shape index (κ2) is 9.70. The van der Waals surface area contributed by atoms with Crippen LogP contribution in [0.3, 0.4) is 0 Å². The summed E-state index contributed by atoms with van der Waals surface area (Å²) in [5, 5.41) is 8.39. The third-order valence-corrected chi connectivity index (χ3v) is 9.38. The van der Waals surface area contributed by atoms with E-state index in [1.807, 2.05) is 27.7 Å². The molecule has 4 rings (SSSR count). The van der Waals surface area contributed by atoms with Crippen molar-refractivity contribution in [2.45, 2.75) is 113 Å². The maximum Gasteiger partial charge on any atom is 0.0733 e. The van der Waals surface area contributed by atoms with Gasteiger partial charge in [-0.05, 0) is 91.8 Å². The Morgan fingerprint density at radius 3 is 2.07 bits per heavy atom. The summed E-state index contributed by atoms with van der Waals surface area (Å²) in [4.78, 5) is 0. The van der Waals surface area contributed by atoms with Gasteiger partial charge in [0.05, 0.1) is 7.85 Å². The van der Waals surface area contributed by atoms with Crippen LogP contribution in [-0.4, -0.2) is 13.6 Å². The molecule has 4 saturated carbocycles. The summed E-state index contributed by atoms with van der Waals surface area (Å²) in [5.74, 6) is 5.22. The summed E-state index contributed by atoms with van der Waals surface area (Å²) in [5.41, 5.74) is 1.85. The van der Waals surface area contributed by atoms with Crippen molar-refractivity contribution in [2.24, 2.45) is 46.3 Å². The van der Waals surface area contributed by atoms with Gasteiger partial charge < -0.3 is 5.41 Å². The quantitative estimate of drug-likeness (QED) is 0.368. The maximum absolute atomic E-state index is 8.39. The highest BCUT2D eigenvalue weighted by molar-refractivity contribution is 6.21. The van der Waals surface area contributed by atoms with E-state index in [2.05, 4.69) is 20.8 Å². The predicted octanol–water partition coefficient (Wildman–Crippen LogP) is 7.94. The molecule has 0 aliphatic heterocycles. The molecule has 0 aromatic heterocycles. The van der Waals surface area contributed by atoms with Crippen LogP contribution in [0, 0.1) is 51.7 Å². The van der Waals surface area contributed by atoms with Crippen molar-refractivity contribution >= 4 is 13.6 Å². The molecule has 2 heteroatoms. The lowest BCUT2D eigenvalue weighted by Crippen LogP contribution is -2.52. The van der Waals surface area contributed by atoms with Gasteiger partial charge in [0.1, 0.15) is 0 Å². The van der Waals surface area contributed by atoms with Crippen LogP contribution < -0.4 is 0 Å². The van der Waals surface area contributed by atoms with Gasteiger partial charge in [-0.15, -0.1) is 0 Å². The number of rotatable bonds is 2. The first-order valence-corrected chi connectivity index (χ1v) is 12.7. The van der Waals surface area contributed by atoms with Crippen LogP contribution in [0.15, 0.2) is 0 Å².